The highest BCUT2D eigenvalue weighted by molar-refractivity contribution is 7.89. The number of aryl methyl sites for hydroxylation is 1. The molecule has 0 saturated carbocycles. The van der Waals surface area contributed by atoms with E-state index in [-0.39, 0.29) is 16.4 Å². The zero-order valence-corrected chi connectivity index (χ0v) is 17.3. The number of carbonyl (C=O) groups excluding carboxylic acids is 2. The van der Waals surface area contributed by atoms with Gasteiger partial charge in [-0.15, -0.1) is 0 Å². The molecular weight excluding hydrogens is 402 g/mol. The Hall–Kier alpha value is -3.49. The smallest absolute Gasteiger partial charge is 0.255 e. The van der Waals surface area contributed by atoms with Gasteiger partial charge in [0.15, 0.2) is 0 Å². The lowest BCUT2D eigenvalue weighted by Crippen LogP contribution is -2.20. The van der Waals surface area contributed by atoms with Crippen LogP contribution in [0.2, 0.25) is 0 Å². The summed E-state index contributed by atoms with van der Waals surface area (Å²) in [4.78, 5) is 25.1. The Morgan fingerprint density at radius 2 is 1.40 bits per heavy atom. The lowest BCUT2D eigenvalue weighted by molar-refractivity contribution is 0.101. The van der Waals surface area contributed by atoms with E-state index in [0.29, 0.717) is 22.5 Å². The highest BCUT2D eigenvalue weighted by Gasteiger charge is 2.17. The van der Waals surface area contributed by atoms with Crippen molar-refractivity contribution in [3.63, 3.8) is 0 Å². The Labute approximate surface area is 175 Å². The molecule has 30 heavy (non-hydrogen) atoms. The summed E-state index contributed by atoms with van der Waals surface area (Å²) in [7, 11) is -2.36. The third-order valence-corrected chi connectivity index (χ3v) is 5.86. The van der Waals surface area contributed by atoms with Crippen LogP contribution in [0.4, 0.5) is 11.4 Å². The SMILES string of the molecule is CNS(=O)(=O)c1ccc(C)c(C(=O)Nc2cccc(NC(=O)c3ccccc3)c2)c1. The number of nitrogens with one attached hydrogen (secondary N) is 3. The minimum Gasteiger partial charge on any atom is -0.322 e. The van der Waals surface area contributed by atoms with Crippen LogP contribution >= 0.6 is 0 Å². The molecule has 2 amide bonds. The molecule has 0 bridgehead atoms. The van der Waals surface area contributed by atoms with Crippen LogP contribution in [0.3, 0.4) is 0 Å². The summed E-state index contributed by atoms with van der Waals surface area (Å²) in [5, 5.41) is 5.53. The summed E-state index contributed by atoms with van der Waals surface area (Å²) < 4.78 is 26.3. The normalized spacial score (nSPS) is 11.0. The van der Waals surface area contributed by atoms with Crippen LogP contribution in [0.5, 0.6) is 0 Å². The summed E-state index contributed by atoms with van der Waals surface area (Å²) in [6.45, 7) is 1.72. The molecule has 0 unspecified atom stereocenters. The number of rotatable bonds is 6. The molecule has 0 saturated heterocycles. The lowest BCUT2D eigenvalue weighted by Gasteiger charge is -2.11. The molecule has 0 aliphatic rings. The number of carbonyl (C=O) groups is 2. The van der Waals surface area contributed by atoms with Crippen molar-refractivity contribution in [2.75, 3.05) is 17.7 Å². The molecule has 0 aliphatic carbocycles. The van der Waals surface area contributed by atoms with Crippen molar-refractivity contribution in [2.24, 2.45) is 0 Å². The lowest BCUT2D eigenvalue weighted by atomic mass is 10.1. The minimum absolute atomic E-state index is 0.00428. The van der Waals surface area contributed by atoms with Crippen molar-refractivity contribution in [1.82, 2.24) is 4.72 Å². The van der Waals surface area contributed by atoms with Crippen LogP contribution in [-0.4, -0.2) is 27.3 Å². The molecule has 3 aromatic rings. The molecule has 0 aliphatic heterocycles. The van der Waals surface area contributed by atoms with E-state index in [0.717, 1.165) is 0 Å². The predicted octanol–water partition coefficient (Wildman–Crippen LogP) is 3.41. The van der Waals surface area contributed by atoms with Crippen molar-refractivity contribution in [2.45, 2.75) is 11.8 Å². The van der Waals surface area contributed by atoms with Crippen molar-refractivity contribution in [3.05, 3.63) is 89.5 Å². The molecule has 3 N–H and O–H groups in total. The van der Waals surface area contributed by atoms with E-state index in [9.17, 15) is 18.0 Å². The van der Waals surface area contributed by atoms with Gasteiger partial charge >= 0.3 is 0 Å². The summed E-state index contributed by atoms with van der Waals surface area (Å²) in [5.74, 6) is -0.716. The van der Waals surface area contributed by atoms with Gasteiger partial charge in [-0.25, -0.2) is 13.1 Å². The Balaban J connectivity index is 1.79. The van der Waals surface area contributed by atoms with Crippen LogP contribution < -0.4 is 15.4 Å². The Morgan fingerprint density at radius 1 is 0.767 bits per heavy atom. The third-order valence-electron chi connectivity index (χ3n) is 4.45. The minimum atomic E-state index is -3.67. The number of anilines is 2. The van der Waals surface area contributed by atoms with Crippen molar-refractivity contribution < 1.29 is 18.0 Å². The van der Waals surface area contributed by atoms with Crippen LogP contribution in [0.25, 0.3) is 0 Å². The highest BCUT2D eigenvalue weighted by atomic mass is 32.2. The van der Waals surface area contributed by atoms with E-state index in [2.05, 4.69) is 15.4 Å². The molecule has 8 heteroatoms. The topological polar surface area (TPSA) is 104 Å². The maximum Gasteiger partial charge on any atom is 0.255 e. The number of hydrogen-bond donors (Lipinski definition) is 3. The van der Waals surface area contributed by atoms with Crippen molar-refractivity contribution in [1.29, 1.82) is 0 Å². The fourth-order valence-electron chi connectivity index (χ4n) is 2.80. The van der Waals surface area contributed by atoms with E-state index in [4.69, 9.17) is 0 Å². The largest absolute Gasteiger partial charge is 0.322 e. The molecule has 3 rings (SSSR count). The first kappa shape index (κ1) is 21.2. The zero-order chi connectivity index (χ0) is 21.7. The van der Waals surface area contributed by atoms with Gasteiger partial charge in [0.1, 0.15) is 0 Å². The first-order valence-corrected chi connectivity index (χ1v) is 10.6. The molecule has 154 valence electrons. The van der Waals surface area contributed by atoms with Crippen molar-refractivity contribution in [3.8, 4) is 0 Å². The van der Waals surface area contributed by atoms with Crippen LogP contribution in [-0.2, 0) is 10.0 Å². The van der Waals surface area contributed by atoms with E-state index >= 15 is 0 Å². The number of benzene rings is 3. The summed E-state index contributed by atoms with van der Waals surface area (Å²) in [6.07, 6.45) is 0. The Morgan fingerprint density at radius 3 is 2.03 bits per heavy atom. The van der Waals surface area contributed by atoms with Gasteiger partial charge in [-0.1, -0.05) is 30.3 Å². The van der Waals surface area contributed by atoms with Crippen molar-refractivity contribution >= 4 is 33.2 Å². The average Bonchev–Trinajstić information content (AvgIpc) is 2.74. The van der Waals surface area contributed by atoms with Gasteiger partial charge in [-0.3, -0.25) is 9.59 Å². The fourth-order valence-corrected chi connectivity index (χ4v) is 3.55. The van der Waals surface area contributed by atoms with Gasteiger partial charge < -0.3 is 10.6 Å². The summed E-state index contributed by atoms with van der Waals surface area (Å²) in [6, 6.07) is 19.9. The fraction of sp³-hybridized carbons (Fsp3) is 0.0909. The second-order valence-electron chi connectivity index (χ2n) is 6.54. The molecule has 0 heterocycles. The number of hydrogen-bond acceptors (Lipinski definition) is 4. The Kier molecular flexibility index (Phi) is 6.29. The first-order chi connectivity index (χ1) is 14.3. The molecular formula is C22H21N3O4S. The van der Waals surface area contributed by atoms with Crippen LogP contribution in [0.1, 0.15) is 26.3 Å². The molecule has 3 aromatic carbocycles. The van der Waals surface area contributed by atoms with Crippen LogP contribution in [0, 0.1) is 6.92 Å². The molecule has 0 fully saturated rings. The summed E-state index contributed by atoms with van der Waals surface area (Å²) in [5.41, 5.74) is 2.38. The quantitative estimate of drug-likeness (QED) is 0.565. The zero-order valence-electron chi connectivity index (χ0n) is 16.5. The molecule has 7 nitrogen and oxygen atoms in total. The van der Waals surface area contributed by atoms with Gasteiger partial charge in [-0.05, 0) is 62.0 Å². The second-order valence-corrected chi connectivity index (χ2v) is 8.43. The van der Waals surface area contributed by atoms with Gasteiger partial charge in [0.05, 0.1) is 4.90 Å². The van der Waals surface area contributed by atoms with Gasteiger partial charge in [0.2, 0.25) is 10.0 Å². The van der Waals surface area contributed by atoms with E-state index in [1.54, 1.807) is 61.5 Å². The molecule has 0 atom stereocenters. The standard InChI is InChI=1S/C22H21N3O4S/c1-15-11-12-19(30(28,29)23-2)14-20(15)22(27)25-18-10-6-9-17(13-18)24-21(26)16-7-4-3-5-8-16/h3-14,23H,1-2H3,(H,24,26)(H,25,27). The van der Waals surface area contributed by atoms with E-state index < -0.39 is 15.9 Å². The van der Waals surface area contributed by atoms with Gasteiger partial charge in [0.25, 0.3) is 11.8 Å². The molecule has 0 aromatic heterocycles. The van der Waals surface area contributed by atoms with Crippen LogP contribution in [0.15, 0.2) is 77.7 Å². The average molecular weight is 423 g/mol. The summed E-state index contributed by atoms with van der Waals surface area (Å²) >= 11 is 0. The molecule has 0 radical (unpaired) electrons. The maximum atomic E-state index is 12.7. The van der Waals surface area contributed by atoms with Gasteiger partial charge in [0, 0.05) is 22.5 Å². The second kappa shape index (κ2) is 8.89. The number of amides is 2. The maximum absolute atomic E-state index is 12.7. The van der Waals surface area contributed by atoms with E-state index in [1.807, 2.05) is 6.07 Å². The third kappa shape index (κ3) is 4.91. The predicted molar refractivity (Wildman–Crippen MR) is 116 cm³/mol. The molecule has 0 spiro atoms. The Bertz CT molecular complexity index is 1190. The monoisotopic (exact) mass is 423 g/mol. The highest BCUT2D eigenvalue weighted by Crippen LogP contribution is 2.20. The van der Waals surface area contributed by atoms with E-state index in [1.165, 1.54) is 19.2 Å². The van der Waals surface area contributed by atoms with Gasteiger partial charge in [-0.2, -0.15) is 0 Å². The number of sulfonamides is 1. The first-order valence-electron chi connectivity index (χ1n) is 9.12.